The first kappa shape index (κ1) is 13.7. The van der Waals surface area contributed by atoms with Gasteiger partial charge in [-0.25, -0.2) is 4.39 Å². The first-order valence-electron chi connectivity index (χ1n) is 6.36. The molecule has 19 heavy (non-hydrogen) atoms. The maximum Gasteiger partial charge on any atom is 0.272 e. The predicted octanol–water partition coefficient (Wildman–Crippen LogP) is 2.50. The molecule has 0 spiro atoms. The van der Waals surface area contributed by atoms with Gasteiger partial charge in [-0.05, 0) is 18.9 Å². The minimum atomic E-state index is -0.698. The highest BCUT2D eigenvalue weighted by Gasteiger charge is 2.21. The summed E-state index contributed by atoms with van der Waals surface area (Å²) in [4.78, 5) is 9.85. The molecule has 1 fully saturated rings. The molecule has 1 aromatic rings. The third-order valence-corrected chi connectivity index (χ3v) is 2.98. The van der Waals surface area contributed by atoms with Crippen LogP contribution in [-0.2, 0) is 0 Å². The third kappa shape index (κ3) is 4.17. The molecule has 1 aromatic carbocycles. The molecule has 0 saturated heterocycles. The number of benzene rings is 1. The minimum Gasteiger partial charge on any atom is -0.490 e. The van der Waals surface area contributed by atoms with Crippen LogP contribution in [0, 0.1) is 21.8 Å². The van der Waals surface area contributed by atoms with E-state index in [9.17, 15) is 14.5 Å². The van der Waals surface area contributed by atoms with E-state index in [2.05, 4.69) is 5.32 Å². The Morgan fingerprint density at radius 3 is 2.89 bits per heavy atom. The molecular formula is C13H17FN2O3. The van der Waals surface area contributed by atoms with Crippen molar-refractivity contribution in [1.82, 2.24) is 5.32 Å². The summed E-state index contributed by atoms with van der Waals surface area (Å²) in [5.41, 5.74) is -0.270. The van der Waals surface area contributed by atoms with Crippen LogP contribution in [0.5, 0.6) is 5.75 Å². The number of halogens is 1. The second kappa shape index (κ2) is 5.97. The maximum atomic E-state index is 13.5. The van der Waals surface area contributed by atoms with Crippen molar-refractivity contribution in [3.05, 3.63) is 34.1 Å². The standard InChI is InChI=1S/C13H17FN2O3/c1-9(7-15-10-2-3-10)8-19-13-5-4-11(16(17)18)6-12(13)14/h4-6,9-10,15H,2-3,7-8H2,1H3. The number of rotatable bonds is 7. The zero-order valence-corrected chi connectivity index (χ0v) is 10.8. The number of nitrogens with zero attached hydrogens (tertiary/aromatic N) is 1. The van der Waals surface area contributed by atoms with Gasteiger partial charge in [-0.15, -0.1) is 0 Å². The largest absolute Gasteiger partial charge is 0.490 e. The summed E-state index contributed by atoms with van der Waals surface area (Å²) in [6.07, 6.45) is 2.45. The Kier molecular flexibility index (Phi) is 4.31. The average molecular weight is 268 g/mol. The van der Waals surface area contributed by atoms with E-state index in [-0.39, 0.29) is 17.4 Å². The van der Waals surface area contributed by atoms with Crippen molar-refractivity contribution in [3.8, 4) is 5.75 Å². The molecule has 5 nitrogen and oxygen atoms in total. The molecule has 1 atom stereocenters. The van der Waals surface area contributed by atoms with Crippen molar-refractivity contribution in [3.63, 3.8) is 0 Å². The van der Waals surface area contributed by atoms with E-state index in [1.165, 1.54) is 25.0 Å². The molecule has 0 radical (unpaired) electrons. The fourth-order valence-electron chi connectivity index (χ4n) is 1.67. The Morgan fingerprint density at radius 2 is 2.32 bits per heavy atom. The summed E-state index contributed by atoms with van der Waals surface area (Å²) in [6, 6.07) is 4.06. The summed E-state index contributed by atoms with van der Waals surface area (Å²) in [5, 5.41) is 13.8. The van der Waals surface area contributed by atoms with Gasteiger partial charge >= 0.3 is 0 Å². The molecule has 0 aliphatic heterocycles. The first-order chi connectivity index (χ1) is 9.06. The van der Waals surface area contributed by atoms with Gasteiger partial charge in [0.15, 0.2) is 11.6 Å². The summed E-state index contributed by atoms with van der Waals surface area (Å²) >= 11 is 0. The number of non-ortho nitro benzene ring substituents is 1. The maximum absolute atomic E-state index is 13.5. The molecule has 1 N–H and O–H groups in total. The molecular weight excluding hydrogens is 251 g/mol. The Labute approximate surface area is 110 Å². The number of nitrogens with one attached hydrogen (secondary N) is 1. The van der Waals surface area contributed by atoms with E-state index < -0.39 is 10.7 Å². The Balaban J connectivity index is 1.82. The van der Waals surface area contributed by atoms with E-state index in [4.69, 9.17) is 4.74 Å². The average Bonchev–Trinajstić information content (AvgIpc) is 3.18. The number of hydrogen-bond acceptors (Lipinski definition) is 4. The molecule has 1 unspecified atom stereocenters. The first-order valence-corrected chi connectivity index (χ1v) is 6.36. The van der Waals surface area contributed by atoms with Gasteiger partial charge in [0.05, 0.1) is 17.6 Å². The summed E-state index contributed by atoms with van der Waals surface area (Å²) < 4.78 is 18.9. The number of ether oxygens (including phenoxy) is 1. The highest BCUT2D eigenvalue weighted by atomic mass is 19.1. The van der Waals surface area contributed by atoms with Gasteiger partial charge in [-0.2, -0.15) is 0 Å². The minimum absolute atomic E-state index is 0.0591. The highest BCUT2D eigenvalue weighted by molar-refractivity contribution is 5.37. The number of nitro groups is 1. The molecule has 104 valence electrons. The normalized spacial score (nSPS) is 16.1. The summed E-state index contributed by atoms with van der Waals surface area (Å²) in [5.74, 6) is -0.379. The monoisotopic (exact) mass is 268 g/mol. The Morgan fingerprint density at radius 1 is 1.58 bits per heavy atom. The molecule has 1 aliphatic carbocycles. The number of hydrogen-bond donors (Lipinski definition) is 1. The van der Waals surface area contributed by atoms with Gasteiger partial charge in [0, 0.05) is 24.6 Å². The fraction of sp³-hybridized carbons (Fsp3) is 0.538. The van der Waals surface area contributed by atoms with Crippen molar-refractivity contribution < 1.29 is 14.1 Å². The molecule has 2 rings (SSSR count). The van der Waals surface area contributed by atoms with Crippen molar-refractivity contribution in [2.45, 2.75) is 25.8 Å². The lowest BCUT2D eigenvalue weighted by Gasteiger charge is -2.14. The van der Waals surface area contributed by atoms with E-state index in [0.717, 1.165) is 12.6 Å². The topological polar surface area (TPSA) is 64.4 Å². The molecule has 0 heterocycles. The van der Waals surface area contributed by atoms with E-state index in [1.807, 2.05) is 6.92 Å². The summed E-state index contributed by atoms with van der Waals surface area (Å²) in [7, 11) is 0. The van der Waals surface area contributed by atoms with E-state index in [0.29, 0.717) is 12.6 Å². The molecule has 0 aromatic heterocycles. The fourth-order valence-corrected chi connectivity index (χ4v) is 1.67. The van der Waals surface area contributed by atoms with Crippen LogP contribution in [0.2, 0.25) is 0 Å². The lowest BCUT2D eigenvalue weighted by Crippen LogP contribution is -2.26. The van der Waals surface area contributed by atoms with Gasteiger partial charge in [0.1, 0.15) is 0 Å². The van der Waals surface area contributed by atoms with Crippen LogP contribution in [0.15, 0.2) is 18.2 Å². The predicted molar refractivity (Wildman–Crippen MR) is 68.7 cm³/mol. The quantitative estimate of drug-likeness (QED) is 0.609. The van der Waals surface area contributed by atoms with E-state index >= 15 is 0 Å². The van der Waals surface area contributed by atoms with Crippen LogP contribution >= 0.6 is 0 Å². The molecule has 1 saturated carbocycles. The second-order valence-electron chi connectivity index (χ2n) is 4.97. The third-order valence-electron chi connectivity index (χ3n) is 2.98. The van der Waals surface area contributed by atoms with Crippen molar-refractivity contribution >= 4 is 5.69 Å². The van der Waals surface area contributed by atoms with Crippen LogP contribution in [0.4, 0.5) is 10.1 Å². The zero-order chi connectivity index (χ0) is 13.8. The number of nitro benzene ring substituents is 1. The SMILES string of the molecule is CC(CNC1CC1)COc1ccc([N+](=O)[O-])cc1F. The van der Waals surface area contributed by atoms with Gasteiger partial charge < -0.3 is 10.1 Å². The van der Waals surface area contributed by atoms with Crippen molar-refractivity contribution in [2.75, 3.05) is 13.2 Å². The van der Waals surface area contributed by atoms with Crippen LogP contribution in [-0.4, -0.2) is 24.1 Å². The van der Waals surface area contributed by atoms with Crippen molar-refractivity contribution in [1.29, 1.82) is 0 Å². The van der Waals surface area contributed by atoms with Crippen LogP contribution in [0.25, 0.3) is 0 Å². The van der Waals surface area contributed by atoms with Crippen molar-refractivity contribution in [2.24, 2.45) is 5.92 Å². The smallest absolute Gasteiger partial charge is 0.272 e. The van der Waals surface area contributed by atoms with Crippen LogP contribution in [0.3, 0.4) is 0 Å². The van der Waals surface area contributed by atoms with Gasteiger partial charge in [-0.1, -0.05) is 6.92 Å². The highest BCUT2D eigenvalue weighted by Crippen LogP contribution is 2.23. The lowest BCUT2D eigenvalue weighted by atomic mass is 10.2. The van der Waals surface area contributed by atoms with Gasteiger partial charge in [-0.3, -0.25) is 10.1 Å². The Hall–Kier alpha value is -1.69. The molecule has 6 heteroatoms. The molecule has 0 bridgehead atoms. The van der Waals surface area contributed by atoms with Gasteiger partial charge in [0.25, 0.3) is 5.69 Å². The molecule has 0 amide bonds. The Bertz CT molecular complexity index is 463. The lowest BCUT2D eigenvalue weighted by molar-refractivity contribution is -0.385. The van der Waals surface area contributed by atoms with Crippen LogP contribution < -0.4 is 10.1 Å². The van der Waals surface area contributed by atoms with E-state index in [1.54, 1.807) is 0 Å². The second-order valence-corrected chi connectivity index (χ2v) is 4.97. The van der Waals surface area contributed by atoms with Gasteiger partial charge in [0.2, 0.25) is 0 Å². The zero-order valence-electron chi connectivity index (χ0n) is 10.8. The molecule has 1 aliphatic rings. The van der Waals surface area contributed by atoms with Crippen LogP contribution in [0.1, 0.15) is 19.8 Å². The summed E-state index contributed by atoms with van der Waals surface area (Å²) in [6.45, 7) is 3.23.